The van der Waals surface area contributed by atoms with Crippen molar-refractivity contribution in [1.82, 2.24) is 4.31 Å². The lowest BCUT2D eigenvalue weighted by molar-refractivity contribution is 0.299. The Balaban J connectivity index is 3.21. The van der Waals surface area contributed by atoms with Crippen LogP contribution in [0.3, 0.4) is 0 Å². The van der Waals surface area contributed by atoms with Gasteiger partial charge in [-0.15, -0.1) is 0 Å². The first-order valence-corrected chi connectivity index (χ1v) is 7.58. The molecule has 1 rings (SSSR count). The van der Waals surface area contributed by atoms with E-state index in [9.17, 15) is 12.8 Å². The van der Waals surface area contributed by atoms with Gasteiger partial charge in [-0.25, -0.2) is 12.8 Å². The first-order chi connectivity index (χ1) is 7.71. The summed E-state index contributed by atoms with van der Waals surface area (Å²) in [5, 5.41) is 0.491. The van der Waals surface area contributed by atoms with E-state index in [1.807, 2.05) is 0 Å². The van der Waals surface area contributed by atoms with E-state index in [-0.39, 0.29) is 4.90 Å². The van der Waals surface area contributed by atoms with Gasteiger partial charge in [-0.2, -0.15) is 4.31 Å². The molecule has 1 aromatic rings. The van der Waals surface area contributed by atoms with Gasteiger partial charge in [0.2, 0.25) is 10.0 Å². The minimum absolute atomic E-state index is 0.0333. The number of sulfonamides is 1. The molecule has 0 heterocycles. The molecule has 96 valence electrons. The Labute approximate surface area is 110 Å². The van der Waals surface area contributed by atoms with Gasteiger partial charge in [-0.3, -0.25) is 0 Å². The second-order valence-electron chi connectivity index (χ2n) is 4.38. The Bertz CT molecular complexity index is 502. The quantitative estimate of drug-likeness (QED) is 0.799. The summed E-state index contributed by atoms with van der Waals surface area (Å²) in [5.74, 6) is -0.559. The minimum Gasteiger partial charge on any atom is -0.207 e. The maximum absolute atomic E-state index is 13.0. The molecule has 0 amide bonds. The van der Waals surface area contributed by atoms with Crippen molar-refractivity contribution >= 4 is 26.0 Å². The van der Waals surface area contributed by atoms with Crippen molar-refractivity contribution in [3.8, 4) is 0 Å². The Kier molecular flexibility index (Phi) is 4.33. The Morgan fingerprint density at radius 3 is 2.47 bits per heavy atom. The lowest BCUT2D eigenvalue weighted by Crippen LogP contribution is -2.46. The van der Waals surface area contributed by atoms with Gasteiger partial charge in [-0.1, -0.05) is 22.0 Å². The molecule has 0 spiro atoms. The summed E-state index contributed by atoms with van der Waals surface area (Å²) >= 11 is 3.27. The van der Waals surface area contributed by atoms with Crippen LogP contribution in [0.4, 0.5) is 4.39 Å². The molecule has 0 saturated carbocycles. The zero-order valence-electron chi connectivity index (χ0n) is 9.94. The lowest BCUT2D eigenvalue weighted by Gasteiger charge is -2.32. The van der Waals surface area contributed by atoms with Gasteiger partial charge in [0.05, 0.1) is 4.90 Å². The SMILES string of the molecule is CN(C(C)(C)CBr)S(=O)(=O)c1cccc(F)c1. The predicted molar refractivity (Wildman–Crippen MR) is 69.2 cm³/mol. The molecule has 0 atom stereocenters. The second-order valence-corrected chi connectivity index (χ2v) is 6.91. The zero-order chi connectivity index (χ0) is 13.3. The van der Waals surface area contributed by atoms with Crippen molar-refractivity contribution < 1.29 is 12.8 Å². The molecule has 1 aromatic carbocycles. The average Bonchev–Trinajstić information content (AvgIpc) is 2.28. The third-order valence-electron chi connectivity index (χ3n) is 2.63. The molecule has 0 aliphatic rings. The van der Waals surface area contributed by atoms with Gasteiger partial charge in [0, 0.05) is 17.9 Å². The Morgan fingerprint density at radius 1 is 1.41 bits per heavy atom. The average molecular weight is 324 g/mol. The molecule has 0 fully saturated rings. The van der Waals surface area contributed by atoms with Crippen LogP contribution in [0.1, 0.15) is 13.8 Å². The van der Waals surface area contributed by atoms with Crippen LogP contribution in [0, 0.1) is 5.82 Å². The predicted octanol–water partition coefficient (Wildman–Crippen LogP) is 2.62. The topological polar surface area (TPSA) is 37.4 Å². The van der Waals surface area contributed by atoms with E-state index in [2.05, 4.69) is 15.9 Å². The lowest BCUT2D eigenvalue weighted by atomic mass is 10.1. The van der Waals surface area contributed by atoms with E-state index < -0.39 is 21.4 Å². The number of rotatable bonds is 4. The summed E-state index contributed by atoms with van der Waals surface area (Å²) in [6.07, 6.45) is 0. The molecule has 0 N–H and O–H groups in total. The van der Waals surface area contributed by atoms with Crippen molar-refractivity contribution in [1.29, 1.82) is 0 Å². The fourth-order valence-electron chi connectivity index (χ4n) is 1.20. The summed E-state index contributed by atoms with van der Waals surface area (Å²) in [6, 6.07) is 5.02. The molecular formula is C11H15BrFNO2S. The van der Waals surface area contributed by atoms with Crippen molar-refractivity contribution in [3.63, 3.8) is 0 Å². The van der Waals surface area contributed by atoms with Crippen LogP contribution in [0.2, 0.25) is 0 Å². The van der Waals surface area contributed by atoms with E-state index in [4.69, 9.17) is 0 Å². The number of nitrogens with zero attached hydrogens (tertiary/aromatic N) is 1. The second kappa shape index (κ2) is 5.04. The van der Waals surface area contributed by atoms with Crippen LogP contribution < -0.4 is 0 Å². The van der Waals surface area contributed by atoms with Crippen LogP contribution in [-0.4, -0.2) is 30.6 Å². The molecule has 0 aromatic heterocycles. The van der Waals surface area contributed by atoms with E-state index in [0.29, 0.717) is 5.33 Å². The van der Waals surface area contributed by atoms with Crippen molar-refractivity contribution in [2.45, 2.75) is 24.3 Å². The number of benzene rings is 1. The largest absolute Gasteiger partial charge is 0.243 e. The molecule has 0 aliphatic carbocycles. The van der Waals surface area contributed by atoms with Crippen molar-refractivity contribution in [2.75, 3.05) is 12.4 Å². The summed E-state index contributed by atoms with van der Waals surface area (Å²) < 4.78 is 38.7. The van der Waals surface area contributed by atoms with Gasteiger partial charge >= 0.3 is 0 Å². The molecule has 17 heavy (non-hydrogen) atoms. The number of halogens is 2. The molecule has 0 saturated heterocycles. The fourth-order valence-corrected chi connectivity index (χ4v) is 3.28. The summed E-state index contributed by atoms with van der Waals surface area (Å²) in [7, 11) is -2.18. The normalized spacial score (nSPS) is 13.1. The smallest absolute Gasteiger partial charge is 0.207 e. The molecule has 0 aliphatic heterocycles. The summed E-state index contributed by atoms with van der Waals surface area (Å²) in [6.45, 7) is 3.58. The van der Waals surface area contributed by atoms with Crippen LogP contribution in [0.15, 0.2) is 29.2 Å². The highest BCUT2D eigenvalue weighted by Crippen LogP contribution is 2.24. The van der Waals surface area contributed by atoms with Gasteiger partial charge in [0.1, 0.15) is 5.82 Å². The highest BCUT2D eigenvalue weighted by atomic mass is 79.9. The maximum Gasteiger partial charge on any atom is 0.243 e. The molecular weight excluding hydrogens is 309 g/mol. The van der Waals surface area contributed by atoms with Crippen LogP contribution in [0.5, 0.6) is 0 Å². The van der Waals surface area contributed by atoms with Gasteiger partial charge in [0.15, 0.2) is 0 Å². The highest BCUT2D eigenvalue weighted by Gasteiger charge is 2.33. The number of hydrogen-bond acceptors (Lipinski definition) is 2. The van der Waals surface area contributed by atoms with Crippen LogP contribution in [-0.2, 0) is 10.0 Å². The molecule has 6 heteroatoms. The summed E-state index contributed by atoms with van der Waals surface area (Å²) in [5.41, 5.74) is -0.578. The van der Waals surface area contributed by atoms with Crippen molar-refractivity contribution in [2.24, 2.45) is 0 Å². The molecule has 0 bridgehead atoms. The fraction of sp³-hybridized carbons (Fsp3) is 0.455. The monoisotopic (exact) mass is 323 g/mol. The van der Waals surface area contributed by atoms with Crippen LogP contribution in [0.25, 0.3) is 0 Å². The highest BCUT2D eigenvalue weighted by molar-refractivity contribution is 9.09. The zero-order valence-corrected chi connectivity index (χ0v) is 12.3. The van der Waals surface area contributed by atoms with Crippen molar-refractivity contribution in [3.05, 3.63) is 30.1 Å². The van der Waals surface area contributed by atoms with Crippen LogP contribution >= 0.6 is 15.9 Å². The third-order valence-corrected chi connectivity index (χ3v) is 6.07. The minimum atomic E-state index is -3.67. The van der Waals surface area contributed by atoms with E-state index in [0.717, 1.165) is 6.07 Å². The first kappa shape index (κ1) is 14.6. The number of alkyl halides is 1. The standard InChI is InChI=1S/C11H15BrFNO2S/c1-11(2,8-12)14(3)17(15,16)10-6-4-5-9(13)7-10/h4-7H,8H2,1-3H3. The van der Waals surface area contributed by atoms with E-state index >= 15 is 0 Å². The third kappa shape index (κ3) is 3.05. The van der Waals surface area contributed by atoms with Gasteiger partial charge < -0.3 is 0 Å². The Hall–Kier alpha value is -0.460. The first-order valence-electron chi connectivity index (χ1n) is 5.02. The van der Waals surface area contributed by atoms with E-state index in [1.165, 1.54) is 29.6 Å². The molecule has 0 radical (unpaired) electrons. The van der Waals surface area contributed by atoms with E-state index in [1.54, 1.807) is 13.8 Å². The maximum atomic E-state index is 13.0. The van der Waals surface area contributed by atoms with Gasteiger partial charge in [0.25, 0.3) is 0 Å². The Morgan fingerprint density at radius 2 is 2.00 bits per heavy atom. The summed E-state index contributed by atoms with van der Waals surface area (Å²) in [4.78, 5) is -0.0333. The molecule has 0 unspecified atom stereocenters. The molecule has 3 nitrogen and oxygen atoms in total. The number of hydrogen-bond donors (Lipinski definition) is 0. The van der Waals surface area contributed by atoms with Gasteiger partial charge in [-0.05, 0) is 32.0 Å².